The fraction of sp³-hybridized carbons (Fsp3) is 0.444. The molecule has 2 rings (SSSR count). The van der Waals surface area contributed by atoms with Crippen LogP contribution in [0.5, 0.6) is 0 Å². The Morgan fingerprint density at radius 1 is 1.23 bits per heavy atom. The topological polar surface area (TPSA) is 55.4 Å². The van der Waals surface area contributed by atoms with E-state index in [0.29, 0.717) is 18.0 Å². The number of esters is 1. The fourth-order valence-electron chi connectivity index (χ4n) is 2.41. The maximum atomic E-state index is 11.8. The Bertz CT molecular complexity index is 546. The van der Waals surface area contributed by atoms with Crippen molar-refractivity contribution in [3.8, 4) is 0 Å². The van der Waals surface area contributed by atoms with E-state index in [1.165, 1.54) is 5.56 Å². The van der Waals surface area contributed by atoms with Crippen LogP contribution in [0.3, 0.4) is 0 Å². The van der Waals surface area contributed by atoms with Gasteiger partial charge in [-0.25, -0.2) is 0 Å². The molecule has 0 aromatic heterocycles. The maximum absolute atomic E-state index is 11.8. The van der Waals surface area contributed by atoms with E-state index >= 15 is 0 Å². The minimum Gasteiger partial charge on any atom is -0.455 e. The zero-order valence-electron chi connectivity index (χ0n) is 13.2. The number of carbonyl (C=O) groups excluding carboxylic acids is 2. The Labute approximate surface area is 131 Å². The van der Waals surface area contributed by atoms with Gasteiger partial charge in [-0.15, -0.1) is 0 Å². The Morgan fingerprint density at radius 3 is 2.55 bits per heavy atom. The van der Waals surface area contributed by atoms with Gasteiger partial charge in [0.1, 0.15) is 0 Å². The van der Waals surface area contributed by atoms with Crippen molar-refractivity contribution in [3.05, 3.63) is 42.0 Å². The molecule has 0 aliphatic heterocycles. The summed E-state index contributed by atoms with van der Waals surface area (Å²) in [5.74, 6) is -0.245. The maximum Gasteiger partial charge on any atom is 0.309 e. The highest BCUT2D eigenvalue weighted by atomic mass is 16.5. The van der Waals surface area contributed by atoms with Gasteiger partial charge in [0, 0.05) is 5.69 Å². The smallest absolute Gasteiger partial charge is 0.309 e. The van der Waals surface area contributed by atoms with E-state index in [9.17, 15) is 9.59 Å². The van der Waals surface area contributed by atoms with Gasteiger partial charge in [0.05, 0.1) is 5.92 Å². The molecule has 1 aromatic rings. The van der Waals surface area contributed by atoms with Crippen molar-refractivity contribution in [2.45, 2.75) is 39.0 Å². The van der Waals surface area contributed by atoms with Crippen LogP contribution >= 0.6 is 0 Å². The van der Waals surface area contributed by atoms with Crippen LogP contribution in [0.1, 0.15) is 44.6 Å². The van der Waals surface area contributed by atoms with E-state index in [4.69, 9.17) is 4.74 Å². The van der Waals surface area contributed by atoms with Gasteiger partial charge in [-0.1, -0.05) is 38.1 Å². The van der Waals surface area contributed by atoms with Gasteiger partial charge in [-0.05, 0) is 42.9 Å². The molecule has 1 atom stereocenters. The third-order valence-electron chi connectivity index (χ3n) is 3.81. The number of amides is 1. The van der Waals surface area contributed by atoms with Gasteiger partial charge < -0.3 is 10.1 Å². The first kappa shape index (κ1) is 16.3. The van der Waals surface area contributed by atoms with E-state index in [0.717, 1.165) is 12.8 Å². The monoisotopic (exact) mass is 301 g/mol. The van der Waals surface area contributed by atoms with Crippen molar-refractivity contribution in [1.82, 2.24) is 0 Å². The minimum absolute atomic E-state index is 0.108. The summed E-state index contributed by atoms with van der Waals surface area (Å²) in [6.07, 6.45) is 6.46. The number of benzene rings is 1. The fourth-order valence-corrected chi connectivity index (χ4v) is 2.41. The Balaban J connectivity index is 1.77. The molecule has 1 aliphatic carbocycles. The van der Waals surface area contributed by atoms with Crippen molar-refractivity contribution in [2.24, 2.45) is 5.92 Å². The first-order chi connectivity index (χ1) is 10.6. The molecule has 118 valence electrons. The lowest BCUT2D eigenvalue weighted by Gasteiger charge is -2.16. The number of hydrogen-bond donors (Lipinski definition) is 1. The third-order valence-corrected chi connectivity index (χ3v) is 3.81. The van der Waals surface area contributed by atoms with E-state index < -0.39 is 0 Å². The van der Waals surface area contributed by atoms with Gasteiger partial charge in [-0.2, -0.15) is 0 Å². The molecule has 22 heavy (non-hydrogen) atoms. The molecule has 1 aliphatic rings. The standard InChI is InChI=1S/C18H23NO3/c1-13(2)14-8-10-16(11-9-14)19-17(20)12-22-18(21)15-6-4-3-5-7-15/h3-4,8-11,13,15H,5-7,12H2,1-2H3,(H,19,20)/t15-/m1/s1. The Kier molecular flexibility index (Phi) is 5.75. The van der Waals surface area contributed by atoms with Crippen LogP contribution in [0.2, 0.25) is 0 Å². The van der Waals surface area contributed by atoms with Crippen molar-refractivity contribution in [2.75, 3.05) is 11.9 Å². The highest BCUT2D eigenvalue weighted by molar-refractivity contribution is 5.92. The molecular formula is C18H23NO3. The van der Waals surface area contributed by atoms with Crippen molar-refractivity contribution in [3.63, 3.8) is 0 Å². The SMILES string of the molecule is CC(C)c1ccc(NC(=O)COC(=O)[C@@H]2CC=CCC2)cc1. The first-order valence-electron chi connectivity index (χ1n) is 7.77. The molecule has 4 nitrogen and oxygen atoms in total. The van der Waals surface area contributed by atoms with Crippen LogP contribution in [0.15, 0.2) is 36.4 Å². The zero-order chi connectivity index (χ0) is 15.9. The number of allylic oxidation sites excluding steroid dienone is 2. The second-order valence-corrected chi connectivity index (χ2v) is 5.91. The van der Waals surface area contributed by atoms with Gasteiger partial charge in [0.25, 0.3) is 5.91 Å². The van der Waals surface area contributed by atoms with Crippen molar-refractivity contribution < 1.29 is 14.3 Å². The molecule has 1 aromatic carbocycles. The molecule has 0 fully saturated rings. The highest BCUT2D eigenvalue weighted by Gasteiger charge is 2.20. The summed E-state index contributed by atoms with van der Waals surface area (Å²) in [6.45, 7) is 4.01. The lowest BCUT2D eigenvalue weighted by Crippen LogP contribution is -2.25. The first-order valence-corrected chi connectivity index (χ1v) is 7.77. The van der Waals surface area contributed by atoms with E-state index in [2.05, 4.69) is 25.2 Å². The molecule has 0 bridgehead atoms. The van der Waals surface area contributed by atoms with Crippen LogP contribution < -0.4 is 5.32 Å². The number of ether oxygens (including phenoxy) is 1. The minimum atomic E-state index is -0.308. The van der Waals surface area contributed by atoms with Crippen LogP contribution in [-0.4, -0.2) is 18.5 Å². The summed E-state index contributed by atoms with van der Waals surface area (Å²) in [5.41, 5.74) is 1.93. The van der Waals surface area contributed by atoms with Gasteiger partial charge >= 0.3 is 5.97 Å². The molecule has 4 heteroatoms. The largest absolute Gasteiger partial charge is 0.455 e. The van der Waals surface area contributed by atoms with E-state index in [1.54, 1.807) is 0 Å². The van der Waals surface area contributed by atoms with Crippen LogP contribution in [0.25, 0.3) is 0 Å². The second kappa shape index (κ2) is 7.78. The molecule has 0 radical (unpaired) electrons. The third kappa shape index (κ3) is 4.72. The predicted octanol–water partition coefficient (Wildman–Crippen LogP) is 3.65. The van der Waals surface area contributed by atoms with Crippen molar-refractivity contribution in [1.29, 1.82) is 0 Å². The molecule has 0 heterocycles. The quantitative estimate of drug-likeness (QED) is 0.667. The average Bonchev–Trinajstić information content (AvgIpc) is 2.54. The average molecular weight is 301 g/mol. The second-order valence-electron chi connectivity index (χ2n) is 5.91. The van der Waals surface area contributed by atoms with Gasteiger partial charge in [0.2, 0.25) is 0 Å². The number of nitrogens with one attached hydrogen (secondary N) is 1. The molecule has 1 N–H and O–H groups in total. The molecule has 0 unspecified atom stereocenters. The Morgan fingerprint density at radius 2 is 1.95 bits per heavy atom. The molecule has 0 saturated heterocycles. The van der Waals surface area contributed by atoms with E-state index in [-0.39, 0.29) is 24.4 Å². The summed E-state index contributed by atoms with van der Waals surface area (Å²) in [7, 11) is 0. The lowest BCUT2D eigenvalue weighted by atomic mass is 9.95. The number of rotatable bonds is 5. The predicted molar refractivity (Wildman–Crippen MR) is 86.6 cm³/mol. The summed E-state index contributed by atoms with van der Waals surface area (Å²) in [5, 5.41) is 2.74. The number of hydrogen-bond acceptors (Lipinski definition) is 3. The summed E-state index contributed by atoms with van der Waals surface area (Å²) in [6, 6.07) is 7.70. The molecule has 0 spiro atoms. The zero-order valence-corrected chi connectivity index (χ0v) is 13.2. The van der Waals surface area contributed by atoms with Crippen LogP contribution in [0, 0.1) is 5.92 Å². The lowest BCUT2D eigenvalue weighted by molar-refractivity contribution is -0.151. The summed E-state index contributed by atoms with van der Waals surface area (Å²) in [4.78, 5) is 23.7. The van der Waals surface area contributed by atoms with Crippen molar-refractivity contribution >= 4 is 17.6 Å². The van der Waals surface area contributed by atoms with Crippen LogP contribution in [0.4, 0.5) is 5.69 Å². The van der Waals surface area contributed by atoms with Crippen LogP contribution in [-0.2, 0) is 14.3 Å². The van der Waals surface area contributed by atoms with Gasteiger partial charge in [0.15, 0.2) is 6.61 Å². The molecular weight excluding hydrogens is 278 g/mol. The molecule has 0 saturated carbocycles. The highest BCUT2D eigenvalue weighted by Crippen LogP contribution is 2.19. The summed E-state index contributed by atoms with van der Waals surface area (Å²) < 4.78 is 5.09. The Hall–Kier alpha value is -2.10. The summed E-state index contributed by atoms with van der Waals surface area (Å²) >= 11 is 0. The number of carbonyl (C=O) groups is 2. The molecule has 1 amide bonds. The normalized spacial score (nSPS) is 17.3. The number of anilines is 1. The van der Waals surface area contributed by atoms with E-state index in [1.807, 2.05) is 30.3 Å². The van der Waals surface area contributed by atoms with Gasteiger partial charge in [-0.3, -0.25) is 9.59 Å².